The summed E-state index contributed by atoms with van der Waals surface area (Å²) in [4.78, 5) is 23.4. The van der Waals surface area contributed by atoms with E-state index in [0.717, 1.165) is 5.56 Å². The van der Waals surface area contributed by atoms with E-state index in [-0.39, 0.29) is 24.9 Å². The van der Waals surface area contributed by atoms with E-state index in [0.29, 0.717) is 13.0 Å². The maximum absolute atomic E-state index is 12.1. The Kier molecular flexibility index (Phi) is 4.39. The third kappa shape index (κ3) is 3.17. The highest BCUT2D eigenvalue weighted by molar-refractivity contribution is 5.87. The number of hydrogen-bond donors (Lipinski definition) is 2. The molecule has 1 heterocycles. The molecule has 1 saturated heterocycles. The van der Waals surface area contributed by atoms with Gasteiger partial charge in [0.15, 0.2) is 5.54 Å². The largest absolute Gasteiger partial charge is 0.479 e. The Morgan fingerprint density at radius 2 is 2.10 bits per heavy atom. The standard InChI is InChI=1S/C15H19NO4/c1-11(12-5-3-2-4-6-12)9-13(17)16-15(14(18)19)7-8-20-10-15/h2-6,11H,7-10H2,1H3,(H,16,17)(H,18,19). The number of amides is 1. The Morgan fingerprint density at radius 3 is 2.65 bits per heavy atom. The maximum atomic E-state index is 12.1. The van der Waals surface area contributed by atoms with Gasteiger partial charge in [0.05, 0.1) is 6.61 Å². The molecule has 0 bridgehead atoms. The zero-order chi connectivity index (χ0) is 14.6. The van der Waals surface area contributed by atoms with Gasteiger partial charge < -0.3 is 15.2 Å². The Morgan fingerprint density at radius 1 is 1.40 bits per heavy atom. The van der Waals surface area contributed by atoms with Crippen molar-refractivity contribution in [2.45, 2.75) is 31.2 Å². The first-order chi connectivity index (χ1) is 9.53. The molecule has 1 aromatic carbocycles. The quantitative estimate of drug-likeness (QED) is 0.856. The first kappa shape index (κ1) is 14.5. The first-order valence-corrected chi connectivity index (χ1v) is 6.70. The lowest BCUT2D eigenvalue weighted by Gasteiger charge is -2.24. The van der Waals surface area contributed by atoms with Gasteiger partial charge >= 0.3 is 5.97 Å². The van der Waals surface area contributed by atoms with E-state index in [4.69, 9.17) is 4.74 Å². The molecule has 1 aromatic rings. The Hall–Kier alpha value is -1.88. The molecule has 2 unspecified atom stereocenters. The van der Waals surface area contributed by atoms with Crippen LogP contribution in [0.1, 0.15) is 31.2 Å². The first-order valence-electron chi connectivity index (χ1n) is 6.70. The summed E-state index contributed by atoms with van der Waals surface area (Å²) in [5.41, 5.74) is -0.192. The second-order valence-electron chi connectivity index (χ2n) is 5.25. The normalized spacial score (nSPS) is 23.2. The SMILES string of the molecule is CC(CC(=O)NC1(C(=O)O)CCOC1)c1ccccc1. The summed E-state index contributed by atoms with van der Waals surface area (Å²) in [5.74, 6) is -1.24. The zero-order valence-corrected chi connectivity index (χ0v) is 11.5. The smallest absolute Gasteiger partial charge is 0.331 e. The molecule has 1 aliphatic heterocycles. The van der Waals surface area contributed by atoms with E-state index < -0.39 is 11.5 Å². The number of carboxylic acid groups (broad SMARTS) is 1. The minimum Gasteiger partial charge on any atom is -0.479 e. The molecule has 1 amide bonds. The molecule has 0 aromatic heterocycles. The highest BCUT2D eigenvalue weighted by Gasteiger charge is 2.43. The van der Waals surface area contributed by atoms with Crippen LogP contribution in [0, 0.1) is 0 Å². The predicted octanol–water partition coefficient (Wildman–Crippen LogP) is 1.54. The van der Waals surface area contributed by atoms with E-state index in [1.54, 1.807) is 0 Å². The maximum Gasteiger partial charge on any atom is 0.331 e. The van der Waals surface area contributed by atoms with Gasteiger partial charge in [-0.05, 0) is 11.5 Å². The van der Waals surface area contributed by atoms with Crippen LogP contribution in [-0.4, -0.2) is 35.7 Å². The molecule has 20 heavy (non-hydrogen) atoms. The van der Waals surface area contributed by atoms with Crippen molar-refractivity contribution >= 4 is 11.9 Å². The summed E-state index contributed by atoms with van der Waals surface area (Å²) >= 11 is 0. The number of nitrogens with one attached hydrogen (secondary N) is 1. The molecule has 108 valence electrons. The lowest BCUT2D eigenvalue weighted by Crippen LogP contribution is -2.55. The number of carbonyl (C=O) groups is 2. The van der Waals surface area contributed by atoms with Crippen LogP contribution >= 0.6 is 0 Å². The van der Waals surface area contributed by atoms with Crippen LogP contribution in [-0.2, 0) is 14.3 Å². The molecule has 1 aliphatic rings. The van der Waals surface area contributed by atoms with E-state index >= 15 is 0 Å². The van der Waals surface area contributed by atoms with Gasteiger partial charge in [-0.2, -0.15) is 0 Å². The van der Waals surface area contributed by atoms with Crippen molar-refractivity contribution in [1.82, 2.24) is 5.32 Å². The Bertz CT molecular complexity index is 480. The summed E-state index contributed by atoms with van der Waals surface area (Å²) in [7, 11) is 0. The van der Waals surface area contributed by atoms with Gasteiger partial charge in [-0.1, -0.05) is 37.3 Å². The molecular formula is C15H19NO4. The van der Waals surface area contributed by atoms with E-state index in [1.807, 2.05) is 37.3 Å². The molecule has 1 fully saturated rings. The van der Waals surface area contributed by atoms with Gasteiger partial charge in [0.25, 0.3) is 0 Å². The average Bonchev–Trinajstić information content (AvgIpc) is 2.89. The van der Waals surface area contributed by atoms with Crippen molar-refractivity contribution in [3.8, 4) is 0 Å². The third-order valence-electron chi connectivity index (χ3n) is 3.67. The van der Waals surface area contributed by atoms with E-state index in [2.05, 4.69) is 5.32 Å². The lowest BCUT2D eigenvalue weighted by atomic mass is 9.95. The highest BCUT2D eigenvalue weighted by Crippen LogP contribution is 2.22. The highest BCUT2D eigenvalue weighted by atomic mass is 16.5. The summed E-state index contributed by atoms with van der Waals surface area (Å²) in [6, 6.07) is 9.69. The van der Waals surface area contributed by atoms with Crippen LogP contribution in [0.5, 0.6) is 0 Å². The monoisotopic (exact) mass is 277 g/mol. The van der Waals surface area contributed by atoms with Crippen LogP contribution in [0.15, 0.2) is 30.3 Å². The Labute approximate surface area is 117 Å². The fourth-order valence-electron chi connectivity index (χ4n) is 2.38. The number of hydrogen-bond acceptors (Lipinski definition) is 3. The number of carbonyl (C=O) groups excluding carboxylic acids is 1. The fraction of sp³-hybridized carbons (Fsp3) is 0.467. The molecule has 0 radical (unpaired) electrons. The van der Waals surface area contributed by atoms with Crippen LogP contribution in [0.2, 0.25) is 0 Å². The van der Waals surface area contributed by atoms with Gasteiger partial charge in [0, 0.05) is 19.4 Å². The summed E-state index contributed by atoms with van der Waals surface area (Å²) in [5, 5.41) is 11.9. The van der Waals surface area contributed by atoms with Crippen LogP contribution in [0.3, 0.4) is 0 Å². The fourth-order valence-corrected chi connectivity index (χ4v) is 2.38. The summed E-state index contributed by atoms with van der Waals surface area (Å²) < 4.78 is 5.12. The minimum atomic E-state index is -1.26. The third-order valence-corrected chi connectivity index (χ3v) is 3.67. The molecule has 2 N–H and O–H groups in total. The number of carboxylic acids is 1. The molecule has 0 saturated carbocycles. The number of benzene rings is 1. The van der Waals surface area contributed by atoms with Gasteiger partial charge in [-0.15, -0.1) is 0 Å². The van der Waals surface area contributed by atoms with Crippen molar-refractivity contribution in [2.24, 2.45) is 0 Å². The lowest BCUT2D eigenvalue weighted by molar-refractivity contribution is -0.147. The molecule has 0 aliphatic carbocycles. The van der Waals surface area contributed by atoms with E-state index in [1.165, 1.54) is 0 Å². The molecule has 5 heteroatoms. The molecular weight excluding hydrogens is 258 g/mol. The second kappa shape index (κ2) is 6.05. The molecule has 0 spiro atoms. The summed E-state index contributed by atoms with van der Waals surface area (Å²) in [6.07, 6.45) is 0.576. The zero-order valence-electron chi connectivity index (χ0n) is 11.5. The van der Waals surface area contributed by atoms with Gasteiger partial charge in [0.1, 0.15) is 0 Å². The number of aliphatic carboxylic acids is 1. The average molecular weight is 277 g/mol. The molecule has 2 rings (SSSR count). The Balaban J connectivity index is 1.97. The number of ether oxygens (including phenoxy) is 1. The van der Waals surface area contributed by atoms with Crippen LogP contribution in [0.4, 0.5) is 0 Å². The number of rotatable bonds is 5. The van der Waals surface area contributed by atoms with E-state index in [9.17, 15) is 14.7 Å². The second-order valence-corrected chi connectivity index (χ2v) is 5.25. The van der Waals surface area contributed by atoms with Crippen molar-refractivity contribution in [3.05, 3.63) is 35.9 Å². The van der Waals surface area contributed by atoms with Gasteiger partial charge in [-0.25, -0.2) is 4.79 Å². The van der Waals surface area contributed by atoms with Gasteiger partial charge in [0.2, 0.25) is 5.91 Å². The van der Waals surface area contributed by atoms with Crippen LogP contribution in [0.25, 0.3) is 0 Å². The van der Waals surface area contributed by atoms with Crippen molar-refractivity contribution in [3.63, 3.8) is 0 Å². The van der Waals surface area contributed by atoms with Gasteiger partial charge in [-0.3, -0.25) is 4.79 Å². The van der Waals surface area contributed by atoms with Crippen LogP contribution < -0.4 is 5.32 Å². The van der Waals surface area contributed by atoms with Crippen molar-refractivity contribution in [2.75, 3.05) is 13.2 Å². The molecule has 5 nitrogen and oxygen atoms in total. The predicted molar refractivity (Wildman–Crippen MR) is 73.4 cm³/mol. The topological polar surface area (TPSA) is 75.6 Å². The summed E-state index contributed by atoms with van der Waals surface area (Å²) in [6.45, 7) is 2.35. The van der Waals surface area contributed by atoms with Crippen molar-refractivity contribution < 1.29 is 19.4 Å². The molecule has 2 atom stereocenters. The minimum absolute atomic E-state index is 0.0355. The van der Waals surface area contributed by atoms with Crippen molar-refractivity contribution in [1.29, 1.82) is 0 Å².